The van der Waals surface area contributed by atoms with Crippen LogP contribution < -0.4 is 0 Å². The van der Waals surface area contributed by atoms with Crippen molar-refractivity contribution in [1.82, 2.24) is 0 Å². The summed E-state index contributed by atoms with van der Waals surface area (Å²) in [7, 11) is 0. The predicted octanol–water partition coefficient (Wildman–Crippen LogP) is 4.50. The van der Waals surface area contributed by atoms with Crippen molar-refractivity contribution >= 4 is 21.5 Å². The molecule has 0 spiro atoms. The zero-order chi connectivity index (χ0) is 17.1. The van der Waals surface area contributed by atoms with Crippen molar-refractivity contribution in [3.8, 4) is 23.0 Å². The minimum absolute atomic E-state index is 0.0891. The molecule has 4 N–H and O–H groups in total. The Balaban J connectivity index is 0.000000141. The van der Waals surface area contributed by atoms with Gasteiger partial charge in [-0.15, -0.1) is 0 Å². The van der Waals surface area contributed by atoms with Crippen molar-refractivity contribution in [2.24, 2.45) is 0 Å². The highest BCUT2D eigenvalue weighted by atomic mass is 16.3. The highest BCUT2D eigenvalue weighted by Gasteiger charge is 2.00. The predicted molar refractivity (Wildman–Crippen MR) is 94.6 cm³/mol. The normalized spacial score (nSPS) is 10.3. The van der Waals surface area contributed by atoms with Gasteiger partial charge in [0.25, 0.3) is 0 Å². The molecule has 0 atom stereocenters. The number of hydrogen-bond acceptors (Lipinski definition) is 4. The van der Waals surface area contributed by atoms with Crippen LogP contribution in [0.15, 0.2) is 72.8 Å². The average molecular weight is 320 g/mol. The van der Waals surface area contributed by atoms with Gasteiger partial charge in [0, 0.05) is 22.9 Å². The molecule has 0 aliphatic rings. The Morgan fingerprint density at radius 2 is 0.833 bits per heavy atom. The van der Waals surface area contributed by atoms with E-state index >= 15 is 0 Å². The molecule has 0 saturated carbocycles. The Labute approximate surface area is 138 Å². The fraction of sp³-hybridized carbons (Fsp3) is 0. The van der Waals surface area contributed by atoms with E-state index in [1.165, 1.54) is 12.1 Å². The zero-order valence-electron chi connectivity index (χ0n) is 12.7. The first-order valence-electron chi connectivity index (χ1n) is 7.36. The highest BCUT2D eigenvalue weighted by molar-refractivity contribution is 5.90. The highest BCUT2D eigenvalue weighted by Crippen LogP contribution is 2.29. The van der Waals surface area contributed by atoms with Crippen LogP contribution >= 0.6 is 0 Å². The molecule has 4 aromatic carbocycles. The molecule has 0 saturated heterocycles. The molecule has 0 radical (unpaired) electrons. The Bertz CT molecular complexity index is 925. The first kappa shape index (κ1) is 15.5. The molecule has 0 amide bonds. The van der Waals surface area contributed by atoms with Gasteiger partial charge in [0.15, 0.2) is 0 Å². The second kappa shape index (κ2) is 6.38. The molecule has 4 rings (SSSR count). The van der Waals surface area contributed by atoms with Crippen LogP contribution in [0, 0.1) is 0 Å². The lowest BCUT2D eigenvalue weighted by Gasteiger charge is -2.00. The van der Waals surface area contributed by atoms with Crippen molar-refractivity contribution in [2.45, 2.75) is 0 Å². The first-order chi connectivity index (χ1) is 11.5. The third-order valence-electron chi connectivity index (χ3n) is 3.65. The van der Waals surface area contributed by atoms with Gasteiger partial charge in [-0.25, -0.2) is 0 Å². The van der Waals surface area contributed by atoms with E-state index < -0.39 is 0 Å². The monoisotopic (exact) mass is 320 g/mol. The van der Waals surface area contributed by atoms with E-state index in [-0.39, 0.29) is 23.0 Å². The van der Waals surface area contributed by atoms with Crippen LogP contribution in [0.2, 0.25) is 0 Å². The summed E-state index contributed by atoms with van der Waals surface area (Å²) in [6.45, 7) is 0. The molecule has 0 aliphatic carbocycles. The van der Waals surface area contributed by atoms with Gasteiger partial charge in [0.2, 0.25) is 0 Å². The molecule has 4 aromatic rings. The lowest BCUT2D eigenvalue weighted by molar-refractivity contribution is 0.454. The summed E-state index contributed by atoms with van der Waals surface area (Å²) in [4.78, 5) is 0. The first-order valence-corrected chi connectivity index (χ1v) is 7.36. The van der Waals surface area contributed by atoms with Gasteiger partial charge < -0.3 is 20.4 Å². The standard InChI is InChI=1S/2C10H8O2/c2*11-8-5-7-3-1-2-4-9(7)10(12)6-8/h2*1-6,11-12H. The van der Waals surface area contributed by atoms with Crippen LogP contribution in [0.5, 0.6) is 23.0 Å². The maximum atomic E-state index is 9.39. The van der Waals surface area contributed by atoms with Gasteiger partial charge >= 0.3 is 0 Å². The van der Waals surface area contributed by atoms with E-state index in [9.17, 15) is 10.2 Å². The third-order valence-corrected chi connectivity index (χ3v) is 3.65. The number of hydrogen-bond donors (Lipinski definition) is 4. The summed E-state index contributed by atoms with van der Waals surface area (Å²) in [6, 6.07) is 20.6. The minimum atomic E-state index is 0.0891. The Morgan fingerprint density at radius 1 is 0.458 bits per heavy atom. The van der Waals surface area contributed by atoms with Gasteiger partial charge in [0.1, 0.15) is 23.0 Å². The van der Waals surface area contributed by atoms with Crippen LogP contribution in [0.25, 0.3) is 21.5 Å². The number of phenols is 4. The average Bonchev–Trinajstić information content (AvgIpc) is 2.55. The molecule has 24 heavy (non-hydrogen) atoms. The van der Waals surface area contributed by atoms with Crippen molar-refractivity contribution in [3.63, 3.8) is 0 Å². The summed E-state index contributed by atoms with van der Waals surface area (Å²) in [6.07, 6.45) is 0. The van der Waals surface area contributed by atoms with Crippen molar-refractivity contribution in [2.75, 3.05) is 0 Å². The van der Waals surface area contributed by atoms with Crippen LogP contribution in [-0.2, 0) is 0 Å². The fourth-order valence-electron chi connectivity index (χ4n) is 2.55. The maximum absolute atomic E-state index is 9.39. The van der Waals surface area contributed by atoms with Gasteiger partial charge in [-0.1, -0.05) is 48.5 Å². The number of phenolic OH excluding ortho intramolecular Hbond substituents is 4. The Hall–Kier alpha value is -3.40. The largest absolute Gasteiger partial charge is 0.508 e. The molecule has 0 aromatic heterocycles. The van der Waals surface area contributed by atoms with E-state index in [4.69, 9.17) is 10.2 Å². The van der Waals surface area contributed by atoms with Crippen LogP contribution in [0.1, 0.15) is 0 Å². The summed E-state index contributed by atoms with van der Waals surface area (Å²) < 4.78 is 0. The Kier molecular flexibility index (Phi) is 4.12. The number of fused-ring (bicyclic) bond motifs is 2. The number of rotatable bonds is 0. The topological polar surface area (TPSA) is 80.9 Å². The fourth-order valence-corrected chi connectivity index (χ4v) is 2.55. The molecule has 0 unspecified atom stereocenters. The quantitative estimate of drug-likeness (QED) is 0.384. The van der Waals surface area contributed by atoms with E-state index in [0.717, 1.165) is 21.5 Å². The molecule has 0 heterocycles. The molecule has 0 fully saturated rings. The minimum Gasteiger partial charge on any atom is -0.508 e. The third kappa shape index (κ3) is 3.17. The molecule has 4 heteroatoms. The van der Waals surface area contributed by atoms with Crippen molar-refractivity contribution < 1.29 is 20.4 Å². The summed E-state index contributed by atoms with van der Waals surface area (Å²) in [5.74, 6) is 0.411. The van der Waals surface area contributed by atoms with Gasteiger partial charge in [-0.05, 0) is 22.9 Å². The smallest absolute Gasteiger partial charge is 0.127 e. The van der Waals surface area contributed by atoms with Gasteiger partial charge in [-0.2, -0.15) is 0 Å². The van der Waals surface area contributed by atoms with E-state index in [1.807, 2.05) is 48.5 Å². The summed E-state index contributed by atoms with van der Waals surface area (Å²) >= 11 is 0. The van der Waals surface area contributed by atoms with Crippen LogP contribution in [-0.4, -0.2) is 20.4 Å². The van der Waals surface area contributed by atoms with Crippen LogP contribution in [0.4, 0.5) is 0 Å². The van der Waals surface area contributed by atoms with E-state index in [0.29, 0.717) is 0 Å². The SMILES string of the molecule is Oc1cc(O)c2ccccc2c1.Oc1cc(O)c2ccccc2c1. The van der Waals surface area contributed by atoms with E-state index in [2.05, 4.69) is 0 Å². The summed E-state index contributed by atoms with van der Waals surface area (Å²) in [5.41, 5.74) is 0. The zero-order valence-corrected chi connectivity index (χ0v) is 12.7. The number of aromatic hydroxyl groups is 4. The molecular weight excluding hydrogens is 304 g/mol. The molecule has 0 aliphatic heterocycles. The van der Waals surface area contributed by atoms with Gasteiger partial charge in [0.05, 0.1) is 0 Å². The second-order valence-electron chi connectivity index (χ2n) is 5.37. The molecule has 4 nitrogen and oxygen atoms in total. The maximum Gasteiger partial charge on any atom is 0.127 e. The van der Waals surface area contributed by atoms with Crippen molar-refractivity contribution in [1.29, 1.82) is 0 Å². The van der Waals surface area contributed by atoms with Crippen LogP contribution in [0.3, 0.4) is 0 Å². The lowest BCUT2D eigenvalue weighted by Crippen LogP contribution is -1.73. The second-order valence-corrected chi connectivity index (χ2v) is 5.37. The molecular formula is C20H16O4. The molecule has 0 bridgehead atoms. The summed E-state index contributed by atoms with van der Waals surface area (Å²) in [5, 5.41) is 40.3. The van der Waals surface area contributed by atoms with Crippen molar-refractivity contribution in [3.05, 3.63) is 72.8 Å². The molecule has 120 valence electrons. The van der Waals surface area contributed by atoms with Gasteiger partial charge in [-0.3, -0.25) is 0 Å². The Morgan fingerprint density at radius 3 is 1.25 bits per heavy atom. The van der Waals surface area contributed by atoms with E-state index in [1.54, 1.807) is 12.1 Å². The lowest BCUT2D eigenvalue weighted by atomic mass is 10.1. The number of benzene rings is 4.